The van der Waals surface area contributed by atoms with Crippen LogP contribution in [0.25, 0.3) is 0 Å². The van der Waals surface area contributed by atoms with Crippen molar-refractivity contribution in [2.24, 2.45) is 0 Å². The molecule has 0 unspecified atom stereocenters. The van der Waals surface area contributed by atoms with E-state index in [1.807, 2.05) is 24.3 Å². The predicted molar refractivity (Wildman–Crippen MR) is 83.6 cm³/mol. The van der Waals surface area contributed by atoms with Crippen molar-refractivity contribution in [3.05, 3.63) is 53.7 Å². The lowest BCUT2D eigenvalue weighted by Crippen LogP contribution is -2.14. The molecule has 2 aromatic rings. The molecule has 2 nitrogen and oxygen atoms in total. The molecule has 0 radical (unpaired) electrons. The molecule has 0 aliphatic carbocycles. The molecule has 0 fully saturated rings. The zero-order valence-corrected chi connectivity index (χ0v) is 12.9. The quantitative estimate of drug-likeness (QED) is 0.697. The molecule has 1 heterocycles. The first-order chi connectivity index (χ1) is 9.55. The van der Waals surface area contributed by atoms with E-state index in [2.05, 4.69) is 37.9 Å². The van der Waals surface area contributed by atoms with Crippen LogP contribution in [-0.4, -0.2) is 4.98 Å². The van der Waals surface area contributed by atoms with Crippen molar-refractivity contribution in [3.63, 3.8) is 0 Å². The second-order valence-corrected chi connectivity index (χ2v) is 5.77. The molecule has 3 heteroatoms. The van der Waals surface area contributed by atoms with E-state index in [9.17, 15) is 0 Å². The van der Waals surface area contributed by atoms with Crippen molar-refractivity contribution >= 4 is 11.6 Å². The molecule has 1 aromatic heterocycles. The third-order valence-electron chi connectivity index (χ3n) is 3.69. The number of aromatic nitrogens is 1. The molecule has 0 saturated carbocycles. The summed E-state index contributed by atoms with van der Waals surface area (Å²) in [6.07, 6.45) is 2.84. The lowest BCUT2D eigenvalue weighted by Gasteiger charge is -2.23. The predicted octanol–water partition coefficient (Wildman–Crippen LogP) is 5.30. The molecular weight excluding hydrogens is 270 g/mol. The molecule has 0 spiro atoms. The second kappa shape index (κ2) is 6.27. The van der Waals surface area contributed by atoms with Gasteiger partial charge in [0, 0.05) is 18.1 Å². The number of nitrogens with zero attached hydrogens (tertiary/aromatic N) is 1. The fraction of sp³-hybridized carbons (Fsp3) is 0.353. The summed E-state index contributed by atoms with van der Waals surface area (Å²) in [6, 6.07) is 12.0. The Balaban J connectivity index is 2.10. The van der Waals surface area contributed by atoms with E-state index in [4.69, 9.17) is 16.3 Å². The summed E-state index contributed by atoms with van der Waals surface area (Å²) in [5, 5.41) is 0. The number of benzene rings is 1. The number of hydrogen-bond acceptors (Lipinski definition) is 2. The van der Waals surface area contributed by atoms with Gasteiger partial charge < -0.3 is 4.74 Å². The Morgan fingerprint density at radius 1 is 1.10 bits per heavy atom. The third-order valence-corrected chi connectivity index (χ3v) is 4.00. The minimum atomic E-state index is 0.193. The van der Waals surface area contributed by atoms with Crippen molar-refractivity contribution in [2.75, 3.05) is 0 Å². The van der Waals surface area contributed by atoms with Gasteiger partial charge in [-0.3, -0.25) is 0 Å². The highest BCUT2D eigenvalue weighted by Gasteiger charge is 2.17. The largest absolute Gasteiger partial charge is 0.439 e. The zero-order valence-electron chi connectivity index (χ0n) is 12.2. The Morgan fingerprint density at radius 2 is 1.80 bits per heavy atom. The minimum Gasteiger partial charge on any atom is -0.439 e. The van der Waals surface area contributed by atoms with E-state index >= 15 is 0 Å². The Morgan fingerprint density at radius 3 is 2.30 bits per heavy atom. The summed E-state index contributed by atoms with van der Waals surface area (Å²) < 4.78 is 5.72. The molecule has 2 rings (SSSR count). The van der Waals surface area contributed by atoms with Crippen LogP contribution in [0.2, 0.25) is 0 Å². The summed E-state index contributed by atoms with van der Waals surface area (Å²) in [6.45, 7) is 6.69. The number of pyridine rings is 1. The van der Waals surface area contributed by atoms with Crippen LogP contribution in [0, 0.1) is 0 Å². The van der Waals surface area contributed by atoms with Crippen LogP contribution in [0.4, 0.5) is 0 Å². The number of rotatable bonds is 5. The SMILES string of the molecule is CCC(C)(C)c1ccc(Oc2ccc(CCl)cn2)cc1. The van der Waals surface area contributed by atoms with E-state index in [-0.39, 0.29) is 5.41 Å². The molecule has 0 aliphatic rings. The van der Waals surface area contributed by atoms with Crippen molar-refractivity contribution in [1.82, 2.24) is 4.98 Å². The molecule has 1 aromatic carbocycles. The van der Waals surface area contributed by atoms with Gasteiger partial charge in [-0.15, -0.1) is 11.6 Å². The summed E-state index contributed by atoms with van der Waals surface area (Å²) in [4.78, 5) is 4.23. The highest BCUT2D eigenvalue weighted by Crippen LogP contribution is 2.29. The molecule has 0 saturated heterocycles. The first kappa shape index (κ1) is 14.9. The molecular formula is C17H20ClNO. The van der Waals surface area contributed by atoms with E-state index in [1.54, 1.807) is 6.20 Å². The minimum absolute atomic E-state index is 0.193. The van der Waals surface area contributed by atoms with E-state index in [0.29, 0.717) is 11.8 Å². The summed E-state index contributed by atoms with van der Waals surface area (Å²) in [5.41, 5.74) is 2.50. The van der Waals surface area contributed by atoms with Crippen LogP contribution in [0.15, 0.2) is 42.6 Å². The van der Waals surface area contributed by atoms with E-state index < -0.39 is 0 Å². The van der Waals surface area contributed by atoms with Crippen LogP contribution >= 0.6 is 11.6 Å². The Hall–Kier alpha value is -1.54. The van der Waals surface area contributed by atoms with Gasteiger partial charge in [0.1, 0.15) is 5.75 Å². The Kier molecular flexibility index (Phi) is 4.66. The zero-order chi connectivity index (χ0) is 14.6. The van der Waals surface area contributed by atoms with Gasteiger partial charge >= 0.3 is 0 Å². The maximum Gasteiger partial charge on any atom is 0.219 e. The van der Waals surface area contributed by atoms with Crippen molar-refractivity contribution in [3.8, 4) is 11.6 Å². The van der Waals surface area contributed by atoms with E-state index in [0.717, 1.165) is 17.7 Å². The molecule has 0 N–H and O–H groups in total. The van der Waals surface area contributed by atoms with Crippen LogP contribution < -0.4 is 4.74 Å². The first-order valence-electron chi connectivity index (χ1n) is 6.84. The van der Waals surface area contributed by atoms with Gasteiger partial charge in [-0.05, 0) is 35.1 Å². The average Bonchev–Trinajstić information content (AvgIpc) is 2.48. The standard InChI is InChI=1S/C17H20ClNO/c1-4-17(2,3)14-6-8-15(9-7-14)20-16-10-5-13(11-18)12-19-16/h5-10,12H,4,11H2,1-3H3. The van der Waals surface area contributed by atoms with Gasteiger partial charge in [0.2, 0.25) is 5.88 Å². The first-order valence-corrected chi connectivity index (χ1v) is 7.38. The smallest absolute Gasteiger partial charge is 0.219 e. The number of alkyl halides is 1. The van der Waals surface area contributed by atoms with Crippen LogP contribution in [-0.2, 0) is 11.3 Å². The van der Waals surface area contributed by atoms with Gasteiger partial charge in [-0.25, -0.2) is 4.98 Å². The third kappa shape index (κ3) is 3.51. The molecule has 0 atom stereocenters. The van der Waals surface area contributed by atoms with E-state index in [1.165, 1.54) is 5.56 Å². The van der Waals surface area contributed by atoms with Crippen LogP contribution in [0.5, 0.6) is 11.6 Å². The number of hydrogen-bond donors (Lipinski definition) is 0. The Bertz CT molecular complexity index is 546. The van der Waals surface area contributed by atoms with Gasteiger partial charge in [-0.2, -0.15) is 0 Å². The maximum absolute atomic E-state index is 5.73. The van der Waals surface area contributed by atoms with Crippen LogP contribution in [0.3, 0.4) is 0 Å². The molecule has 0 bridgehead atoms. The van der Waals surface area contributed by atoms with Crippen molar-refractivity contribution < 1.29 is 4.74 Å². The topological polar surface area (TPSA) is 22.1 Å². The lowest BCUT2D eigenvalue weighted by atomic mass is 9.82. The average molecular weight is 290 g/mol. The maximum atomic E-state index is 5.73. The Labute approximate surface area is 125 Å². The van der Waals surface area contributed by atoms with Gasteiger partial charge in [0.25, 0.3) is 0 Å². The highest BCUT2D eigenvalue weighted by atomic mass is 35.5. The van der Waals surface area contributed by atoms with Gasteiger partial charge in [0.05, 0.1) is 0 Å². The second-order valence-electron chi connectivity index (χ2n) is 5.50. The lowest BCUT2D eigenvalue weighted by molar-refractivity contribution is 0.460. The highest BCUT2D eigenvalue weighted by molar-refractivity contribution is 6.17. The number of halogens is 1. The number of ether oxygens (including phenoxy) is 1. The van der Waals surface area contributed by atoms with Gasteiger partial charge in [-0.1, -0.05) is 39.0 Å². The summed E-state index contributed by atoms with van der Waals surface area (Å²) in [7, 11) is 0. The molecule has 20 heavy (non-hydrogen) atoms. The van der Waals surface area contributed by atoms with Crippen LogP contribution in [0.1, 0.15) is 38.3 Å². The molecule has 0 aliphatic heterocycles. The summed E-state index contributed by atoms with van der Waals surface area (Å²) in [5.74, 6) is 1.85. The molecule has 106 valence electrons. The van der Waals surface area contributed by atoms with Crippen molar-refractivity contribution in [2.45, 2.75) is 38.5 Å². The van der Waals surface area contributed by atoms with Crippen molar-refractivity contribution in [1.29, 1.82) is 0 Å². The van der Waals surface area contributed by atoms with Gasteiger partial charge in [0.15, 0.2) is 0 Å². The summed E-state index contributed by atoms with van der Waals surface area (Å²) >= 11 is 5.73. The fourth-order valence-electron chi connectivity index (χ4n) is 1.85. The normalized spacial score (nSPS) is 11.4. The fourth-order valence-corrected chi connectivity index (χ4v) is 2.01. The monoisotopic (exact) mass is 289 g/mol. The molecule has 0 amide bonds.